The number of carbonyl (C=O) groups is 2. The smallest absolute Gasteiger partial charge is 0.293 e. The molecule has 2 heterocycles. The van der Waals surface area contributed by atoms with Crippen molar-refractivity contribution in [3.05, 3.63) is 75.8 Å². The molecule has 0 radical (unpaired) electrons. The van der Waals surface area contributed by atoms with Crippen LogP contribution in [-0.2, 0) is 11.2 Å². The van der Waals surface area contributed by atoms with E-state index < -0.39 is 25.6 Å². The second-order valence-corrected chi connectivity index (χ2v) is 14.3. The first-order valence-electron chi connectivity index (χ1n) is 10.8. The first-order valence-corrected chi connectivity index (χ1v) is 14.3. The summed E-state index contributed by atoms with van der Waals surface area (Å²) in [6.07, 6.45) is 0.736. The van der Waals surface area contributed by atoms with Crippen LogP contribution in [0.1, 0.15) is 27.7 Å². The highest BCUT2D eigenvalue weighted by Crippen LogP contribution is 2.31. The van der Waals surface area contributed by atoms with Gasteiger partial charge in [0.1, 0.15) is 11.8 Å². The Labute approximate surface area is 192 Å². The molecular weight excluding hydrogens is 438 g/mol. The minimum atomic E-state index is -1.47. The van der Waals surface area contributed by atoms with Crippen molar-refractivity contribution >= 4 is 30.8 Å². The second kappa shape index (κ2) is 8.74. The molecule has 0 bridgehead atoms. The molecular formula is C24H27N3O5Si. The number of carbonyl (C=O) groups excluding carboxylic acids is 2. The van der Waals surface area contributed by atoms with Crippen molar-refractivity contribution in [2.75, 3.05) is 19.0 Å². The van der Waals surface area contributed by atoms with Crippen LogP contribution < -0.4 is 20.8 Å². The number of aromatic amines is 1. The molecule has 1 aliphatic heterocycles. The maximum absolute atomic E-state index is 13.4. The van der Waals surface area contributed by atoms with Crippen LogP contribution in [0.25, 0.3) is 0 Å². The van der Waals surface area contributed by atoms with Crippen molar-refractivity contribution < 1.29 is 18.8 Å². The van der Waals surface area contributed by atoms with E-state index in [4.69, 9.17) is 9.26 Å². The summed E-state index contributed by atoms with van der Waals surface area (Å²) in [4.78, 5) is 39.2. The van der Waals surface area contributed by atoms with Gasteiger partial charge in [0.25, 0.3) is 17.4 Å². The Bertz CT molecular complexity index is 1240. The molecule has 1 aromatic heterocycles. The van der Waals surface area contributed by atoms with Gasteiger partial charge < -0.3 is 19.5 Å². The Kier molecular flexibility index (Phi) is 5.99. The lowest BCUT2D eigenvalue weighted by Crippen LogP contribution is -2.39. The fourth-order valence-electron chi connectivity index (χ4n) is 3.87. The van der Waals surface area contributed by atoms with E-state index in [-0.39, 0.29) is 11.7 Å². The molecule has 2 aromatic carbocycles. The van der Waals surface area contributed by atoms with Crippen molar-refractivity contribution in [3.8, 4) is 5.75 Å². The molecule has 0 aliphatic carbocycles. The predicted octanol–water partition coefficient (Wildman–Crippen LogP) is 2.90. The van der Waals surface area contributed by atoms with Crippen LogP contribution in [0.2, 0.25) is 19.6 Å². The van der Waals surface area contributed by atoms with E-state index in [1.54, 1.807) is 6.07 Å². The number of H-pyrrole nitrogens is 1. The van der Waals surface area contributed by atoms with Crippen LogP contribution in [-0.4, -0.2) is 43.6 Å². The fourth-order valence-corrected chi connectivity index (χ4v) is 5.04. The molecule has 9 heteroatoms. The molecule has 0 fully saturated rings. The molecule has 1 unspecified atom stereocenters. The summed E-state index contributed by atoms with van der Waals surface area (Å²) >= 11 is 0. The van der Waals surface area contributed by atoms with Gasteiger partial charge in [0.15, 0.2) is 0 Å². The van der Waals surface area contributed by atoms with Crippen LogP contribution in [0.5, 0.6) is 5.75 Å². The number of nitrogens with zero attached hydrogens (tertiary/aromatic N) is 1. The number of nitrogens with one attached hydrogen (secondary N) is 2. The Hall–Kier alpha value is -3.59. The Morgan fingerprint density at radius 2 is 1.82 bits per heavy atom. The number of amides is 2. The van der Waals surface area contributed by atoms with Crippen LogP contribution in [0.4, 0.5) is 5.69 Å². The van der Waals surface area contributed by atoms with E-state index in [9.17, 15) is 14.4 Å². The second-order valence-electron chi connectivity index (χ2n) is 9.18. The number of anilines is 1. The van der Waals surface area contributed by atoms with Gasteiger partial charge in [-0.3, -0.25) is 14.4 Å². The number of ether oxygens (including phenoxy) is 1. The van der Waals surface area contributed by atoms with E-state index >= 15 is 0 Å². The molecule has 33 heavy (non-hydrogen) atoms. The molecule has 0 saturated carbocycles. The van der Waals surface area contributed by atoms with Crippen LogP contribution in [0, 0.1) is 0 Å². The normalized spacial score (nSPS) is 13.7. The highest BCUT2D eigenvalue weighted by atomic mass is 28.3. The van der Waals surface area contributed by atoms with Crippen molar-refractivity contribution in [1.29, 1.82) is 0 Å². The number of fused-ring (bicyclic) bond motifs is 1. The molecule has 0 saturated heterocycles. The van der Waals surface area contributed by atoms with E-state index in [0.29, 0.717) is 17.9 Å². The minimum absolute atomic E-state index is 0.163. The first kappa shape index (κ1) is 22.6. The molecule has 2 amide bonds. The largest absolute Gasteiger partial charge is 0.493 e. The summed E-state index contributed by atoms with van der Waals surface area (Å²) in [5, 5.41) is 6.33. The topological polar surface area (TPSA) is 105 Å². The van der Waals surface area contributed by atoms with Gasteiger partial charge in [-0.1, -0.05) is 43.0 Å². The summed E-state index contributed by atoms with van der Waals surface area (Å²) in [5.41, 5.74) is 1.75. The Balaban J connectivity index is 1.65. The van der Waals surface area contributed by atoms with E-state index in [2.05, 4.69) is 30.1 Å². The third-order valence-electron chi connectivity index (χ3n) is 5.74. The molecule has 172 valence electrons. The van der Waals surface area contributed by atoms with Gasteiger partial charge in [0.2, 0.25) is 5.76 Å². The van der Waals surface area contributed by atoms with Crippen molar-refractivity contribution in [2.24, 2.45) is 0 Å². The molecule has 2 N–H and O–H groups in total. The summed E-state index contributed by atoms with van der Waals surface area (Å²) in [5.74, 6) is -0.336. The minimum Gasteiger partial charge on any atom is -0.493 e. The predicted molar refractivity (Wildman–Crippen MR) is 128 cm³/mol. The maximum atomic E-state index is 13.4. The van der Waals surface area contributed by atoms with Crippen molar-refractivity contribution in [2.45, 2.75) is 32.1 Å². The molecule has 3 aromatic rings. The zero-order chi connectivity index (χ0) is 23.8. The molecule has 4 rings (SSSR count). The zero-order valence-electron chi connectivity index (χ0n) is 19.1. The summed E-state index contributed by atoms with van der Waals surface area (Å²) in [7, 11) is 0.0462. The van der Waals surface area contributed by atoms with Gasteiger partial charge in [-0.2, -0.15) is 5.16 Å². The lowest BCUT2D eigenvalue weighted by Gasteiger charge is -2.27. The van der Waals surface area contributed by atoms with Gasteiger partial charge in [-0.15, -0.1) is 0 Å². The van der Waals surface area contributed by atoms with Gasteiger partial charge in [0, 0.05) is 19.2 Å². The third-order valence-corrected chi connectivity index (χ3v) is 7.80. The van der Waals surface area contributed by atoms with Gasteiger partial charge in [-0.25, -0.2) is 0 Å². The van der Waals surface area contributed by atoms with Crippen LogP contribution in [0.3, 0.4) is 0 Å². The lowest BCUT2D eigenvalue weighted by atomic mass is 10.0. The monoisotopic (exact) mass is 465 g/mol. The zero-order valence-corrected chi connectivity index (χ0v) is 20.1. The van der Waals surface area contributed by atoms with Crippen molar-refractivity contribution in [3.63, 3.8) is 0 Å². The first-order chi connectivity index (χ1) is 15.6. The highest BCUT2D eigenvalue weighted by molar-refractivity contribution is 6.88. The fraction of sp³-hybridized carbons (Fsp3) is 0.292. The molecule has 0 spiro atoms. The summed E-state index contributed by atoms with van der Waals surface area (Å²) in [6, 6.07) is 13.4. The number of rotatable bonds is 6. The van der Waals surface area contributed by atoms with Gasteiger partial charge >= 0.3 is 0 Å². The van der Waals surface area contributed by atoms with Crippen LogP contribution >= 0.6 is 0 Å². The number of benzene rings is 2. The lowest BCUT2D eigenvalue weighted by molar-refractivity contribution is -0.120. The third kappa shape index (κ3) is 4.78. The number of aromatic nitrogens is 1. The number of hydrogen-bond acceptors (Lipinski definition) is 5. The van der Waals surface area contributed by atoms with E-state index in [0.717, 1.165) is 23.8 Å². The summed E-state index contributed by atoms with van der Waals surface area (Å²) in [6.45, 7) is 7.36. The molecule has 8 nitrogen and oxygen atoms in total. The highest BCUT2D eigenvalue weighted by Gasteiger charge is 2.32. The quantitative estimate of drug-likeness (QED) is 0.545. The average molecular weight is 466 g/mol. The summed E-state index contributed by atoms with van der Waals surface area (Å²) < 4.78 is 10.5. The van der Waals surface area contributed by atoms with Crippen molar-refractivity contribution in [1.82, 2.24) is 10.1 Å². The van der Waals surface area contributed by atoms with Gasteiger partial charge in [0.05, 0.1) is 20.7 Å². The maximum Gasteiger partial charge on any atom is 0.293 e. The number of hydrogen-bond donors (Lipinski definition) is 2. The van der Waals surface area contributed by atoms with E-state index in [1.807, 2.05) is 36.4 Å². The Morgan fingerprint density at radius 3 is 2.45 bits per heavy atom. The molecule has 1 aliphatic rings. The SMILES string of the molecule is CN(C(=O)c1cc(=O)[nH]o1)C(C(=O)Nc1ccc([Si](C)(C)C)cc1)c1ccc2c(c1)CCO2. The van der Waals surface area contributed by atoms with E-state index in [1.165, 1.54) is 17.1 Å². The standard InChI is InChI=1S/C24H27N3O5Si/c1-27(24(30)20-14-21(28)26-32-20)22(16-5-10-19-15(13-16)11-12-31-19)23(29)25-17-6-8-18(9-7-17)33(2,3)4/h5-10,13-14,22H,11-12H2,1-4H3,(H,25,29)(H,26,28). The Morgan fingerprint density at radius 1 is 1.09 bits per heavy atom. The van der Waals surface area contributed by atoms with Crippen LogP contribution in [0.15, 0.2) is 57.8 Å². The number of likely N-dealkylation sites (N-methyl/N-ethyl adjacent to an activating group) is 1. The van der Waals surface area contributed by atoms with Gasteiger partial charge in [-0.05, 0) is 35.4 Å². The average Bonchev–Trinajstić information content (AvgIpc) is 3.41. The molecule has 1 atom stereocenters.